The molecule has 0 saturated carbocycles. The normalized spacial score (nSPS) is 14.1. The van der Waals surface area contributed by atoms with Crippen molar-refractivity contribution >= 4 is 69.8 Å². The van der Waals surface area contributed by atoms with Crippen molar-refractivity contribution in [2.24, 2.45) is 0 Å². The Bertz CT molecular complexity index is 4400. The molecule has 2 N–H and O–H groups in total. The van der Waals surface area contributed by atoms with Crippen molar-refractivity contribution in [2.75, 3.05) is 33.2 Å². The van der Waals surface area contributed by atoms with E-state index < -0.39 is 35.0 Å². The average Bonchev–Trinajstić information content (AvgIpc) is 1.74. The number of hydrogen-bond acceptors (Lipinski definition) is 25. The summed E-state index contributed by atoms with van der Waals surface area (Å²) in [5.74, 6) is 4.70. The smallest absolute Gasteiger partial charge is 0.343 e. The summed E-state index contributed by atoms with van der Waals surface area (Å²) in [5.41, 5.74) is 7.05. The number of carbonyl (C=O) groups is 6. The van der Waals surface area contributed by atoms with Gasteiger partial charge in [0.2, 0.25) is 6.10 Å². The van der Waals surface area contributed by atoms with Crippen LogP contribution in [-0.4, -0.2) is 180 Å². The highest BCUT2D eigenvalue weighted by molar-refractivity contribution is 6.41. The minimum Gasteiger partial charge on any atom is -0.504 e. The van der Waals surface area contributed by atoms with Crippen LogP contribution < -0.4 is 19.5 Å². The highest BCUT2D eigenvalue weighted by atomic mass is 35.5. The number of likely N-dealkylation sites (N-methyl/N-ethyl adjacent to an activating group) is 1. The second-order valence-electron chi connectivity index (χ2n) is 22.7. The van der Waals surface area contributed by atoms with E-state index in [2.05, 4.69) is 77.5 Å². The summed E-state index contributed by atoms with van der Waals surface area (Å²) >= 11 is 5.25. The van der Waals surface area contributed by atoms with Crippen LogP contribution in [0.5, 0.6) is 23.0 Å². The molecule has 10 aromatic rings. The Balaban J connectivity index is 0.000000164. The van der Waals surface area contributed by atoms with Crippen LogP contribution in [0.4, 0.5) is 0 Å². The maximum atomic E-state index is 12.2. The number of fused-ring (bicyclic) bond motifs is 4. The van der Waals surface area contributed by atoms with Crippen molar-refractivity contribution in [3.8, 4) is 23.0 Å². The number of aromatic nitrogens is 16. The first kappa shape index (κ1) is 72.3. The quantitative estimate of drug-likeness (QED) is 0.0699. The highest BCUT2D eigenvalue weighted by Gasteiger charge is 2.27. The zero-order chi connectivity index (χ0) is 69.7. The van der Waals surface area contributed by atoms with Crippen molar-refractivity contribution in [3.63, 3.8) is 0 Å². The minimum absolute atomic E-state index is 0.178. The molecule has 2 unspecified atom stereocenters. The fourth-order valence-electron chi connectivity index (χ4n) is 9.80. The molecule has 0 aliphatic carbocycles. The van der Waals surface area contributed by atoms with E-state index in [4.69, 9.17) is 30.5 Å². The number of likely N-dealkylation sites (tertiary alicyclic amines) is 1. The molecule has 2 aliphatic heterocycles. The van der Waals surface area contributed by atoms with Gasteiger partial charge in [-0.3, -0.25) is 19.2 Å². The molecule has 29 nitrogen and oxygen atoms in total. The van der Waals surface area contributed by atoms with Gasteiger partial charge < -0.3 is 34.3 Å². The Hall–Kier alpha value is -10.1. The van der Waals surface area contributed by atoms with Crippen LogP contribution in [0.15, 0.2) is 60.7 Å². The number of ether oxygens (including phenoxy) is 4. The number of nitrogens with one attached hydrogen (secondary N) is 1. The van der Waals surface area contributed by atoms with Crippen molar-refractivity contribution in [1.29, 1.82) is 0 Å². The van der Waals surface area contributed by atoms with Crippen LogP contribution in [0.1, 0.15) is 130 Å². The molecular weight excluding hydrogens is 1240 g/mol. The fourth-order valence-corrected chi connectivity index (χ4v) is 9.80. The molecule has 2 atom stereocenters. The van der Waals surface area contributed by atoms with Gasteiger partial charge in [-0.05, 0) is 161 Å². The van der Waals surface area contributed by atoms with Gasteiger partial charge >= 0.3 is 11.9 Å². The number of nitrogens with zero attached hydrogens (tertiary/aromatic N) is 17. The number of halogens is 1. The van der Waals surface area contributed by atoms with Gasteiger partial charge in [0.05, 0.1) is 56.7 Å². The van der Waals surface area contributed by atoms with Crippen molar-refractivity contribution in [1.82, 2.24) is 88.5 Å². The van der Waals surface area contributed by atoms with E-state index in [0.29, 0.717) is 74.4 Å². The second kappa shape index (κ2) is 32.1. The molecular formula is C65H79ClN18O11. The molecule has 12 rings (SSSR count). The third kappa shape index (κ3) is 18.6. The molecule has 502 valence electrons. The number of benzene rings is 2. The Labute approximate surface area is 553 Å². The molecule has 0 bridgehead atoms. The standard InChI is InChI=1S/C15H14N4O2.C13H19N5O.C12H17N5O.C12H12O4.C8H10N4O.C5H7ClO2/c1-9-13(21-14(20)12-7-5-4-6-8-12)10(2)19-15(16-9)17-11(3)18-19;1-8-12(19-11-5-6-17(4)7-11)9(2)18-13(14-8)15-10(3)16-18;1-7-11(18-10-4-5-13-6-10)8(2)17-12(14-7)15-9(3)16-17;1-8(13)11(9(2)14)16-12(15)10-6-4-3-5-7-10;1-4-7(13)5(2)12-8(9-4)10-6(3)11-12;1-3(7)5(6)4(2)8/h4-8H,1-3H3;11H,5-7H2,1-4H3;10,13H,4-6H2,1-3H3;3-7,11H,1-2H3;13H,1-3H3;5H,1-2H3. The Morgan fingerprint density at radius 3 is 1.24 bits per heavy atom. The van der Waals surface area contributed by atoms with Crippen molar-refractivity contribution in [3.05, 3.63) is 141 Å². The van der Waals surface area contributed by atoms with Crippen molar-refractivity contribution in [2.45, 2.75) is 147 Å². The van der Waals surface area contributed by atoms with Gasteiger partial charge in [0.15, 0.2) is 46.1 Å². The summed E-state index contributed by atoms with van der Waals surface area (Å²) in [6.07, 6.45) is 1.27. The molecule has 2 aliphatic rings. The lowest BCUT2D eigenvalue weighted by atomic mass is 10.2. The Kier molecular flexibility index (Phi) is 24.5. The maximum absolute atomic E-state index is 12.2. The number of ketones is 4. The number of Topliss-reactive ketones (excluding diaryl/α,β-unsaturated/α-hetero) is 4. The Morgan fingerprint density at radius 1 is 0.495 bits per heavy atom. The first-order valence-corrected chi connectivity index (χ1v) is 30.8. The molecule has 2 aromatic carbocycles. The fraction of sp³-hybridized carbons (Fsp3) is 0.415. The Morgan fingerprint density at radius 2 is 0.874 bits per heavy atom. The number of rotatable bonds is 12. The van der Waals surface area contributed by atoms with Gasteiger partial charge in [-0.25, -0.2) is 29.5 Å². The molecule has 2 saturated heterocycles. The van der Waals surface area contributed by atoms with Gasteiger partial charge in [0.1, 0.15) is 40.9 Å². The zero-order valence-electron chi connectivity index (χ0n) is 56.3. The molecule has 10 heterocycles. The van der Waals surface area contributed by atoms with Crippen LogP contribution in [0, 0.1) is 83.1 Å². The summed E-state index contributed by atoms with van der Waals surface area (Å²) in [7, 11) is 2.12. The summed E-state index contributed by atoms with van der Waals surface area (Å²) < 4.78 is 29.1. The van der Waals surface area contributed by atoms with Gasteiger partial charge in [-0.1, -0.05) is 36.4 Å². The van der Waals surface area contributed by atoms with Gasteiger partial charge in [-0.15, -0.1) is 32.0 Å². The molecule has 95 heavy (non-hydrogen) atoms. The summed E-state index contributed by atoms with van der Waals surface area (Å²) in [6, 6.07) is 17.1. The molecule has 2 fully saturated rings. The molecule has 8 aromatic heterocycles. The molecule has 30 heteroatoms. The third-order valence-corrected chi connectivity index (χ3v) is 15.2. The first-order valence-electron chi connectivity index (χ1n) is 30.4. The number of alkyl halides is 1. The van der Waals surface area contributed by atoms with E-state index >= 15 is 0 Å². The summed E-state index contributed by atoms with van der Waals surface area (Å²) in [4.78, 5) is 103. The second-order valence-corrected chi connectivity index (χ2v) is 23.1. The summed E-state index contributed by atoms with van der Waals surface area (Å²) in [5, 5.41) is 29.0. The lowest BCUT2D eigenvalue weighted by Gasteiger charge is -2.17. The number of carbonyl (C=O) groups excluding carboxylic acids is 6. The van der Waals surface area contributed by atoms with Crippen LogP contribution in [0.3, 0.4) is 0 Å². The van der Waals surface area contributed by atoms with E-state index in [-0.39, 0.29) is 29.5 Å². The predicted molar refractivity (Wildman–Crippen MR) is 349 cm³/mol. The predicted octanol–water partition coefficient (Wildman–Crippen LogP) is 7.11. The molecule has 0 spiro atoms. The van der Waals surface area contributed by atoms with E-state index in [9.17, 15) is 33.9 Å². The minimum atomic E-state index is -1.30. The number of aromatic hydroxyl groups is 1. The van der Waals surface area contributed by atoms with Gasteiger partial charge in [-0.2, -0.15) is 38.0 Å². The van der Waals surface area contributed by atoms with Crippen LogP contribution >= 0.6 is 11.6 Å². The zero-order valence-corrected chi connectivity index (χ0v) is 57.1. The number of esters is 2. The largest absolute Gasteiger partial charge is 0.504 e. The monoisotopic (exact) mass is 1320 g/mol. The number of hydrogen-bond donors (Lipinski definition) is 2. The summed E-state index contributed by atoms with van der Waals surface area (Å²) in [6.45, 7) is 31.3. The van der Waals surface area contributed by atoms with E-state index in [1.165, 1.54) is 32.2 Å². The lowest BCUT2D eigenvalue weighted by Crippen LogP contribution is -2.31. The third-order valence-electron chi connectivity index (χ3n) is 14.6. The lowest BCUT2D eigenvalue weighted by molar-refractivity contribution is -0.136. The van der Waals surface area contributed by atoms with E-state index in [1.54, 1.807) is 103 Å². The molecule has 0 radical (unpaired) electrons. The van der Waals surface area contributed by atoms with Crippen LogP contribution in [0.25, 0.3) is 23.1 Å². The SMILES string of the molecule is CC(=O)C(Cl)C(C)=O.CC(=O)C(OC(=O)c1ccccc1)C(C)=O.Cc1nc2nc(C)c(O)c(C)n2n1.Cc1nc2nc(C)c(OC(=O)c3ccccc3)c(C)n2n1.Cc1nc2nc(C)c(OC3CCN(C)C3)c(C)n2n1.Cc1nc2nc(C)c(OC3CCNC3)c(C)n2n1. The topological polar surface area (TPSA) is 347 Å². The van der Waals surface area contributed by atoms with Crippen LogP contribution in [-0.2, 0) is 23.9 Å². The van der Waals surface area contributed by atoms with Gasteiger partial charge in [0, 0.05) is 19.6 Å². The van der Waals surface area contributed by atoms with Crippen molar-refractivity contribution < 1.29 is 52.8 Å². The van der Waals surface area contributed by atoms with Gasteiger partial charge in [0.25, 0.3) is 23.1 Å². The first-order chi connectivity index (χ1) is 44.9. The van der Waals surface area contributed by atoms with E-state index in [0.717, 1.165) is 84.9 Å². The van der Waals surface area contributed by atoms with E-state index in [1.807, 2.05) is 54.5 Å². The average molecular weight is 1320 g/mol. The van der Waals surface area contributed by atoms with Crippen LogP contribution in [0.2, 0.25) is 0 Å². The number of aryl methyl sites for hydroxylation is 12. The molecule has 0 amide bonds. The highest BCUT2D eigenvalue weighted by Crippen LogP contribution is 2.28. The maximum Gasteiger partial charge on any atom is 0.343 e.